The molecule has 0 spiro atoms. The summed E-state index contributed by atoms with van der Waals surface area (Å²) in [5.74, 6) is -0.624. The second-order valence-corrected chi connectivity index (χ2v) is 8.50. The van der Waals surface area contributed by atoms with E-state index in [1.807, 2.05) is 32.0 Å². The molecule has 1 aliphatic heterocycles. The number of nitro benzene ring substituents is 1. The van der Waals surface area contributed by atoms with Gasteiger partial charge in [0.05, 0.1) is 23.8 Å². The summed E-state index contributed by atoms with van der Waals surface area (Å²) in [4.78, 5) is 42.1. The Hall–Kier alpha value is -3.24. The van der Waals surface area contributed by atoms with Crippen LogP contribution in [0.5, 0.6) is 0 Å². The van der Waals surface area contributed by atoms with E-state index < -0.39 is 16.1 Å². The Balaban J connectivity index is 1.76. The number of hydrogen-bond donors (Lipinski definition) is 1. The second kappa shape index (κ2) is 10.4. The van der Waals surface area contributed by atoms with Gasteiger partial charge in [-0.05, 0) is 31.5 Å². The Kier molecular flexibility index (Phi) is 7.60. The van der Waals surface area contributed by atoms with E-state index in [-0.39, 0.29) is 18.0 Å². The van der Waals surface area contributed by atoms with Crippen LogP contribution in [-0.4, -0.2) is 52.3 Å². The third-order valence-corrected chi connectivity index (χ3v) is 5.99. The number of amides is 2. The van der Waals surface area contributed by atoms with Crippen molar-refractivity contribution in [3.8, 4) is 0 Å². The molecule has 0 radical (unpaired) electrons. The van der Waals surface area contributed by atoms with Crippen LogP contribution >= 0.6 is 11.8 Å². The maximum atomic E-state index is 13.0. The van der Waals surface area contributed by atoms with Crippen molar-refractivity contribution in [3.63, 3.8) is 0 Å². The number of ether oxygens (including phenoxy) is 1. The molecule has 1 aliphatic rings. The number of nitrogens with zero attached hydrogens (tertiary/aromatic N) is 3. The summed E-state index contributed by atoms with van der Waals surface area (Å²) in [5.41, 5.74) is 3.05. The number of nitro groups is 1. The highest BCUT2D eigenvalue weighted by molar-refractivity contribution is 8.15. The highest BCUT2D eigenvalue weighted by atomic mass is 32.2. The van der Waals surface area contributed by atoms with Crippen molar-refractivity contribution in [2.45, 2.75) is 25.5 Å². The van der Waals surface area contributed by atoms with E-state index in [0.717, 1.165) is 16.8 Å². The van der Waals surface area contributed by atoms with Gasteiger partial charge in [-0.2, -0.15) is 0 Å². The minimum Gasteiger partial charge on any atom is -0.383 e. The zero-order valence-electron chi connectivity index (χ0n) is 18.0. The molecule has 2 aromatic rings. The highest BCUT2D eigenvalue weighted by Crippen LogP contribution is 2.33. The summed E-state index contributed by atoms with van der Waals surface area (Å²) < 4.78 is 5.12. The molecule has 1 fully saturated rings. The summed E-state index contributed by atoms with van der Waals surface area (Å²) >= 11 is 1.23. The van der Waals surface area contributed by atoms with E-state index in [9.17, 15) is 19.7 Å². The van der Waals surface area contributed by atoms with Crippen LogP contribution in [-0.2, 0) is 14.3 Å². The molecule has 2 aromatic carbocycles. The normalized spacial score (nSPS) is 17.1. The standard InChI is InChI=1S/C22H24N4O5S/c1-14-7-8-18(15(2)11-14)24-22-25(9-10-31-3)21(28)19(32-22)13-20(27)23-16-5-4-6-17(12-16)26(29)30/h4-8,11-12,19H,9-10,13H2,1-3H3,(H,23,27). The van der Waals surface area contributed by atoms with E-state index in [2.05, 4.69) is 10.3 Å². The zero-order valence-corrected chi connectivity index (χ0v) is 18.8. The number of nitrogens with one attached hydrogen (secondary N) is 1. The van der Waals surface area contributed by atoms with Crippen LogP contribution in [0.1, 0.15) is 17.5 Å². The minimum absolute atomic E-state index is 0.0818. The fourth-order valence-corrected chi connectivity index (χ4v) is 4.40. The molecule has 0 aromatic heterocycles. The number of rotatable bonds is 8. The topological polar surface area (TPSA) is 114 Å². The lowest BCUT2D eigenvalue weighted by molar-refractivity contribution is -0.384. The van der Waals surface area contributed by atoms with Crippen LogP contribution in [0.3, 0.4) is 0 Å². The molecule has 0 saturated carbocycles. The van der Waals surface area contributed by atoms with Gasteiger partial charge >= 0.3 is 0 Å². The van der Waals surface area contributed by atoms with Crippen molar-refractivity contribution in [2.24, 2.45) is 4.99 Å². The van der Waals surface area contributed by atoms with Gasteiger partial charge in [0, 0.05) is 31.4 Å². The second-order valence-electron chi connectivity index (χ2n) is 7.33. The van der Waals surface area contributed by atoms with Crippen molar-refractivity contribution in [1.29, 1.82) is 0 Å². The quantitative estimate of drug-likeness (QED) is 0.477. The Labute approximate surface area is 190 Å². The maximum Gasteiger partial charge on any atom is 0.271 e. The fraction of sp³-hybridized carbons (Fsp3) is 0.318. The van der Waals surface area contributed by atoms with E-state index in [0.29, 0.717) is 24.0 Å². The molecular weight excluding hydrogens is 432 g/mol. The maximum absolute atomic E-state index is 13.0. The van der Waals surface area contributed by atoms with Crippen molar-refractivity contribution in [1.82, 2.24) is 4.90 Å². The molecule has 32 heavy (non-hydrogen) atoms. The van der Waals surface area contributed by atoms with Crippen molar-refractivity contribution < 1.29 is 19.2 Å². The van der Waals surface area contributed by atoms with Crippen LogP contribution in [0.2, 0.25) is 0 Å². The number of carbonyl (C=O) groups excluding carboxylic acids is 2. The number of hydrogen-bond acceptors (Lipinski definition) is 7. The number of aliphatic imine (C=N–C) groups is 1. The zero-order chi connectivity index (χ0) is 23.3. The van der Waals surface area contributed by atoms with Crippen molar-refractivity contribution >= 4 is 45.8 Å². The molecular formula is C22H24N4O5S. The van der Waals surface area contributed by atoms with Crippen LogP contribution in [0.25, 0.3) is 0 Å². The van der Waals surface area contributed by atoms with E-state index in [4.69, 9.17) is 4.74 Å². The van der Waals surface area contributed by atoms with Gasteiger partial charge in [-0.1, -0.05) is 35.5 Å². The first-order valence-electron chi connectivity index (χ1n) is 9.95. The first-order valence-corrected chi connectivity index (χ1v) is 10.8. The molecule has 2 amide bonds. The van der Waals surface area contributed by atoms with Gasteiger partial charge in [-0.15, -0.1) is 0 Å². The van der Waals surface area contributed by atoms with Crippen LogP contribution in [0.15, 0.2) is 47.5 Å². The van der Waals surface area contributed by atoms with Gasteiger partial charge < -0.3 is 10.1 Å². The van der Waals surface area contributed by atoms with Crippen LogP contribution < -0.4 is 5.32 Å². The number of anilines is 1. The lowest BCUT2D eigenvalue weighted by atomic mass is 10.1. The molecule has 9 nitrogen and oxygen atoms in total. The number of methoxy groups -OCH3 is 1. The molecule has 168 valence electrons. The largest absolute Gasteiger partial charge is 0.383 e. The van der Waals surface area contributed by atoms with Gasteiger partial charge in [0.1, 0.15) is 5.25 Å². The average molecular weight is 457 g/mol. The molecule has 1 atom stereocenters. The molecule has 0 aliphatic carbocycles. The molecule has 1 heterocycles. The monoisotopic (exact) mass is 456 g/mol. The average Bonchev–Trinajstić information content (AvgIpc) is 3.02. The Bertz CT molecular complexity index is 1070. The van der Waals surface area contributed by atoms with Crippen LogP contribution in [0.4, 0.5) is 17.1 Å². The molecule has 10 heteroatoms. The summed E-state index contributed by atoms with van der Waals surface area (Å²) in [6.45, 7) is 4.62. The van der Waals surface area contributed by atoms with Gasteiger partial charge in [0.25, 0.3) is 5.69 Å². The van der Waals surface area contributed by atoms with E-state index >= 15 is 0 Å². The summed E-state index contributed by atoms with van der Waals surface area (Å²) in [6.07, 6.45) is -0.0818. The minimum atomic E-state index is -0.643. The lowest BCUT2D eigenvalue weighted by Gasteiger charge is -2.16. The molecule has 1 saturated heterocycles. The third-order valence-electron chi connectivity index (χ3n) is 4.82. The smallest absolute Gasteiger partial charge is 0.271 e. The predicted molar refractivity (Wildman–Crippen MR) is 124 cm³/mol. The van der Waals surface area contributed by atoms with Crippen molar-refractivity contribution in [3.05, 3.63) is 63.7 Å². The predicted octanol–water partition coefficient (Wildman–Crippen LogP) is 3.82. The Morgan fingerprint density at radius 1 is 1.28 bits per heavy atom. The number of amidine groups is 1. The third kappa shape index (κ3) is 5.71. The number of thioether (sulfide) groups is 1. The Morgan fingerprint density at radius 3 is 2.75 bits per heavy atom. The number of non-ortho nitro benzene ring substituents is 1. The summed E-state index contributed by atoms with van der Waals surface area (Å²) in [6, 6.07) is 11.5. The van der Waals surface area contributed by atoms with Crippen LogP contribution in [0, 0.1) is 24.0 Å². The highest BCUT2D eigenvalue weighted by Gasteiger charge is 2.39. The van der Waals surface area contributed by atoms with Gasteiger partial charge in [0.2, 0.25) is 11.8 Å². The first-order chi connectivity index (χ1) is 15.3. The molecule has 0 bridgehead atoms. The summed E-state index contributed by atoms with van der Waals surface area (Å²) in [5, 5.41) is 13.4. The Morgan fingerprint density at radius 2 is 2.06 bits per heavy atom. The number of carbonyl (C=O) groups is 2. The number of aryl methyl sites for hydroxylation is 2. The van der Waals surface area contributed by atoms with E-state index in [1.165, 1.54) is 30.0 Å². The first kappa shape index (κ1) is 23.4. The van der Waals surface area contributed by atoms with E-state index in [1.54, 1.807) is 18.1 Å². The SMILES string of the molecule is COCCN1C(=O)C(CC(=O)Nc2cccc([N+](=O)[O-])c2)SC1=Nc1ccc(C)cc1C. The molecule has 1 N–H and O–H groups in total. The number of benzene rings is 2. The lowest BCUT2D eigenvalue weighted by Crippen LogP contribution is -2.35. The van der Waals surface area contributed by atoms with Gasteiger partial charge in [-0.3, -0.25) is 24.6 Å². The molecule has 3 rings (SSSR count). The van der Waals surface area contributed by atoms with Gasteiger partial charge in [0.15, 0.2) is 5.17 Å². The summed E-state index contributed by atoms with van der Waals surface area (Å²) in [7, 11) is 1.55. The fourth-order valence-electron chi connectivity index (χ4n) is 3.22. The van der Waals surface area contributed by atoms with Gasteiger partial charge in [-0.25, -0.2) is 4.99 Å². The van der Waals surface area contributed by atoms with Crippen molar-refractivity contribution in [2.75, 3.05) is 25.6 Å². The molecule has 1 unspecified atom stereocenters.